The summed E-state index contributed by atoms with van der Waals surface area (Å²) in [6.07, 6.45) is 10.2. The maximum Gasteiger partial charge on any atom is 0.364 e. The third kappa shape index (κ3) is 2.66. The van der Waals surface area contributed by atoms with Crippen molar-refractivity contribution in [2.45, 2.75) is 78.6 Å². The lowest BCUT2D eigenvalue weighted by Crippen LogP contribution is -2.52. The van der Waals surface area contributed by atoms with Crippen molar-refractivity contribution in [3.05, 3.63) is 23.0 Å². The van der Waals surface area contributed by atoms with Crippen molar-refractivity contribution in [3.63, 3.8) is 0 Å². The Kier molecular flexibility index (Phi) is 4.83. The van der Waals surface area contributed by atoms with E-state index in [0.29, 0.717) is 47.9 Å². The van der Waals surface area contributed by atoms with Crippen LogP contribution in [0.1, 0.15) is 78.6 Å². The minimum atomic E-state index is -1.41. The zero-order chi connectivity index (χ0) is 20.3. The van der Waals surface area contributed by atoms with Crippen LogP contribution in [0.15, 0.2) is 23.0 Å². The highest BCUT2D eigenvalue weighted by Gasteiger charge is 2.60. The van der Waals surface area contributed by atoms with Crippen LogP contribution in [-0.2, 0) is 9.59 Å². The normalized spacial score (nSPS) is 44.3. The molecule has 0 unspecified atom stereocenters. The van der Waals surface area contributed by atoms with Gasteiger partial charge in [-0.15, -0.1) is 0 Å². The van der Waals surface area contributed by atoms with Crippen molar-refractivity contribution in [1.29, 1.82) is 0 Å². The monoisotopic (exact) mass is 388 g/mol. The summed E-state index contributed by atoms with van der Waals surface area (Å²) in [5, 5.41) is 9.22. The maximum atomic E-state index is 14.5. The van der Waals surface area contributed by atoms with Gasteiger partial charge in [-0.25, -0.2) is 4.79 Å². The Balaban J connectivity index is 1.71. The van der Waals surface area contributed by atoms with Crippen LogP contribution in [0, 0.1) is 34.5 Å². The molecule has 4 aliphatic rings. The number of hydrogen-bond donors (Lipinski definition) is 1. The van der Waals surface area contributed by atoms with Crippen molar-refractivity contribution in [2.75, 3.05) is 0 Å². The SMILES string of the molecule is CCC[C@H]1CC(=O)C=C2CC[C@@H]3[C@H](CC[C@]4(C)C(=C(F)C(=O)O)CC[C@@H]34)[C@]21C. The summed E-state index contributed by atoms with van der Waals surface area (Å²) in [7, 11) is 0. The molecule has 0 bridgehead atoms. The predicted molar refractivity (Wildman–Crippen MR) is 106 cm³/mol. The molecule has 4 rings (SSSR count). The number of aliphatic carboxylic acids is 1. The highest BCUT2D eigenvalue weighted by atomic mass is 19.1. The number of carboxylic acid groups (broad SMARTS) is 1. The predicted octanol–water partition coefficient (Wildman–Crippen LogP) is 5.85. The highest BCUT2D eigenvalue weighted by molar-refractivity contribution is 5.92. The molecule has 0 radical (unpaired) electrons. The molecule has 0 aromatic heterocycles. The summed E-state index contributed by atoms with van der Waals surface area (Å²) < 4.78 is 14.5. The molecule has 4 aliphatic carbocycles. The highest BCUT2D eigenvalue weighted by Crippen LogP contribution is 2.68. The second-order valence-electron chi connectivity index (χ2n) is 10.1. The Labute approximate surface area is 167 Å². The minimum absolute atomic E-state index is 0.0754. The van der Waals surface area contributed by atoms with E-state index in [-0.39, 0.29) is 10.8 Å². The standard InChI is InChI=1S/C24H33FO3/c1-4-5-14-12-16(26)13-15-6-7-17-18-8-9-20(21(25)22(27)28)23(18,2)11-10-19(17)24(14,15)3/h13-14,17-19H,4-12H2,1-3H3,(H,27,28)/t14-,17-,18-,19-,23-,24-/m0/s1. The number of carbonyl (C=O) groups excluding carboxylic acids is 1. The Bertz CT molecular complexity index is 766. The first-order valence-electron chi connectivity index (χ1n) is 11.1. The summed E-state index contributed by atoms with van der Waals surface area (Å²) in [5.74, 6) is -0.208. The van der Waals surface area contributed by atoms with E-state index < -0.39 is 11.8 Å². The van der Waals surface area contributed by atoms with Crippen LogP contribution in [0.4, 0.5) is 4.39 Å². The van der Waals surface area contributed by atoms with Gasteiger partial charge < -0.3 is 5.11 Å². The van der Waals surface area contributed by atoms with Gasteiger partial charge in [0.05, 0.1) is 0 Å². The number of rotatable bonds is 3. The zero-order valence-electron chi connectivity index (χ0n) is 17.4. The van der Waals surface area contributed by atoms with E-state index in [1.165, 1.54) is 5.57 Å². The molecule has 4 heteroatoms. The van der Waals surface area contributed by atoms with Crippen molar-refractivity contribution >= 4 is 11.8 Å². The van der Waals surface area contributed by atoms with E-state index >= 15 is 0 Å². The fraction of sp³-hybridized carbons (Fsp3) is 0.750. The van der Waals surface area contributed by atoms with Gasteiger partial charge in [0, 0.05) is 6.42 Å². The van der Waals surface area contributed by atoms with Crippen LogP contribution in [0.3, 0.4) is 0 Å². The molecule has 0 aromatic rings. The maximum absolute atomic E-state index is 14.5. The van der Waals surface area contributed by atoms with E-state index in [4.69, 9.17) is 0 Å². The molecule has 3 saturated carbocycles. The van der Waals surface area contributed by atoms with Gasteiger partial charge >= 0.3 is 5.97 Å². The first-order valence-corrected chi connectivity index (χ1v) is 11.1. The second-order valence-corrected chi connectivity index (χ2v) is 10.1. The fourth-order valence-electron chi connectivity index (χ4n) is 7.82. The number of carboxylic acids is 1. The van der Waals surface area contributed by atoms with Crippen LogP contribution >= 0.6 is 0 Å². The average molecular weight is 389 g/mol. The molecule has 0 amide bonds. The molecule has 0 spiro atoms. The van der Waals surface area contributed by atoms with Gasteiger partial charge in [0.1, 0.15) is 0 Å². The minimum Gasteiger partial charge on any atom is -0.476 e. The number of hydrogen-bond acceptors (Lipinski definition) is 2. The molecule has 1 N–H and O–H groups in total. The largest absolute Gasteiger partial charge is 0.476 e. The van der Waals surface area contributed by atoms with E-state index in [1.807, 2.05) is 6.08 Å². The lowest BCUT2D eigenvalue weighted by Gasteiger charge is -2.59. The molecule has 0 heterocycles. The second kappa shape index (κ2) is 6.81. The smallest absolute Gasteiger partial charge is 0.364 e. The molecule has 3 fully saturated rings. The summed E-state index contributed by atoms with van der Waals surface area (Å²) in [4.78, 5) is 23.6. The number of fused-ring (bicyclic) bond motifs is 5. The van der Waals surface area contributed by atoms with Crippen LogP contribution < -0.4 is 0 Å². The van der Waals surface area contributed by atoms with E-state index in [1.54, 1.807) is 0 Å². The number of ketones is 1. The van der Waals surface area contributed by atoms with Gasteiger partial charge in [-0.2, -0.15) is 4.39 Å². The van der Waals surface area contributed by atoms with Crippen molar-refractivity contribution < 1.29 is 19.1 Å². The van der Waals surface area contributed by atoms with Crippen molar-refractivity contribution in [2.24, 2.45) is 34.5 Å². The van der Waals surface area contributed by atoms with Crippen LogP contribution in [0.25, 0.3) is 0 Å². The van der Waals surface area contributed by atoms with E-state index in [9.17, 15) is 19.1 Å². The number of carbonyl (C=O) groups is 2. The Morgan fingerprint density at radius 1 is 1.21 bits per heavy atom. The Morgan fingerprint density at radius 3 is 2.64 bits per heavy atom. The fourth-order valence-corrected chi connectivity index (χ4v) is 7.82. The first kappa shape index (κ1) is 19.8. The quantitative estimate of drug-likeness (QED) is 0.617. The molecule has 0 aliphatic heterocycles. The molecule has 0 saturated heterocycles. The number of halogens is 1. The topological polar surface area (TPSA) is 54.4 Å². The molecular formula is C24H33FO3. The van der Waals surface area contributed by atoms with Gasteiger partial charge in [-0.3, -0.25) is 4.79 Å². The molecular weight excluding hydrogens is 355 g/mol. The first-order chi connectivity index (χ1) is 13.2. The van der Waals surface area contributed by atoms with Gasteiger partial charge in [0.2, 0.25) is 5.83 Å². The molecule has 28 heavy (non-hydrogen) atoms. The lowest BCUT2D eigenvalue weighted by molar-refractivity contribution is -0.134. The summed E-state index contributed by atoms with van der Waals surface area (Å²) in [6, 6.07) is 0. The molecule has 0 aromatic carbocycles. The Hall–Kier alpha value is -1.45. The van der Waals surface area contributed by atoms with Crippen LogP contribution in [-0.4, -0.2) is 16.9 Å². The third-order valence-electron chi connectivity index (χ3n) is 9.15. The summed E-state index contributed by atoms with van der Waals surface area (Å²) >= 11 is 0. The van der Waals surface area contributed by atoms with Gasteiger partial charge in [-0.05, 0) is 91.1 Å². The molecule has 6 atom stereocenters. The zero-order valence-corrected chi connectivity index (χ0v) is 17.4. The summed E-state index contributed by atoms with van der Waals surface area (Å²) in [5.41, 5.74) is 1.68. The van der Waals surface area contributed by atoms with Crippen LogP contribution in [0.2, 0.25) is 0 Å². The van der Waals surface area contributed by atoms with Crippen molar-refractivity contribution in [3.8, 4) is 0 Å². The van der Waals surface area contributed by atoms with Crippen molar-refractivity contribution in [1.82, 2.24) is 0 Å². The summed E-state index contributed by atoms with van der Waals surface area (Å²) in [6.45, 7) is 6.71. The van der Waals surface area contributed by atoms with Crippen LogP contribution in [0.5, 0.6) is 0 Å². The molecule has 154 valence electrons. The van der Waals surface area contributed by atoms with Gasteiger partial charge in [0.25, 0.3) is 0 Å². The average Bonchev–Trinajstić information content (AvgIpc) is 2.99. The third-order valence-corrected chi connectivity index (χ3v) is 9.15. The number of allylic oxidation sites excluding steroid dienone is 2. The van der Waals surface area contributed by atoms with Gasteiger partial charge in [-0.1, -0.05) is 32.8 Å². The van der Waals surface area contributed by atoms with E-state index in [0.717, 1.165) is 44.9 Å². The lowest BCUT2D eigenvalue weighted by atomic mass is 9.44. The Morgan fingerprint density at radius 2 is 1.96 bits per heavy atom. The van der Waals surface area contributed by atoms with E-state index in [2.05, 4.69) is 20.8 Å². The van der Waals surface area contributed by atoms with Gasteiger partial charge in [0.15, 0.2) is 5.78 Å². The molecule has 3 nitrogen and oxygen atoms in total.